The molecule has 0 fully saturated rings. The van der Waals surface area contributed by atoms with E-state index in [9.17, 15) is 5.11 Å². The quantitative estimate of drug-likeness (QED) is 0.844. The lowest BCUT2D eigenvalue weighted by atomic mass is 10.1. The molecule has 0 spiro atoms. The van der Waals surface area contributed by atoms with Crippen molar-refractivity contribution in [3.8, 4) is 11.5 Å². The number of benzene rings is 2. The molecule has 0 radical (unpaired) electrons. The van der Waals surface area contributed by atoms with Gasteiger partial charge in [-0.1, -0.05) is 24.3 Å². The first kappa shape index (κ1) is 9.34. The number of phenols is 1. The second kappa shape index (κ2) is 3.50. The summed E-state index contributed by atoms with van der Waals surface area (Å²) in [7, 11) is 1.61. The minimum Gasteiger partial charge on any atom is -0.507 e. The molecule has 72 valence electrons. The lowest BCUT2D eigenvalue weighted by Crippen LogP contribution is -1.86. The van der Waals surface area contributed by atoms with Crippen molar-refractivity contribution in [2.45, 2.75) is 0 Å². The van der Waals surface area contributed by atoms with Gasteiger partial charge < -0.3 is 9.84 Å². The number of aromatic hydroxyl groups is 1. The summed E-state index contributed by atoms with van der Waals surface area (Å²) >= 11 is 3.34. The molecule has 0 heterocycles. The highest BCUT2D eigenvalue weighted by atomic mass is 79.9. The molecule has 0 atom stereocenters. The molecule has 0 aromatic heterocycles. The highest BCUT2D eigenvalue weighted by Gasteiger charge is 2.09. The number of hydrogen-bond acceptors (Lipinski definition) is 2. The molecule has 3 heteroatoms. The van der Waals surface area contributed by atoms with Crippen molar-refractivity contribution in [2.24, 2.45) is 0 Å². The van der Waals surface area contributed by atoms with Gasteiger partial charge in [-0.15, -0.1) is 0 Å². The van der Waals surface area contributed by atoms with E-state index in [0.717, 1.165) is 21.0 Å². The second-order valence-corrected chi connectivity index (χ2v) is 3.81. The fraction of sp³-hybridized carbons (Fsp3) is 0.0909. The molecule has 0 bridgehead atoms. The molecular formula is C11H9BrO2. The molecule has 1 N–H and O–H groups in total. The van der Waals surface area contributed by atoms with Crippen LogP contribution in [0.15, 0.2) is 34.8 Å². The molecule has 14 heavy (non-hydrogen) atoms. The summed E-state index contributed by atoms with van der Waals surface area (Å²) in [6.45, 7) is 0. The van der Waals surface area contributed by atoms with Crippen LogP contribution in [0.2, 0.25) is 0 Å². The summed E-state index contributed by atoms with van der Waals surface area (Å²) < 4.78 is 6.02. The zero-order valence-corrected chi connectivity index (χ0v) is 9.21. The maximum atomic E-state index is 9.69. The van der Waals surface area contributed by atoms with E-state index in [2.05, 4.69) is 15.9 Å². The molecule has 0 saturated heterocycles. The van der Waals surface area contributed by atoms with E-state index in [0.29, 0.717) is 0 Å². The summed E-state index contributed by atoms with van der Waals surface area (Å²) in [6.07, 6.45) is 0. The van der Waals surface area contributed by atoms with Crippen LogP contribution in [-0.4, -0.2) is 12.2 Å². The van der Waals surface area contributed by atoms with Crippen LogP contribution in [-0.2, 0) is 0 Å². The van der Waals surface area contributed by atoms with Gasteiger partial charge in [0.05, 0.1) is 11.6 Å². The van der Waals surface area contributed by atoms with Gasteiger partial charge in [0.15, 0.2) is 0 Å². The van der Waals surface area contributed by atoms with Crippen molar-refractivity contribution in [3.63, 3.8) is 0 Å². The Hall–Kier alpha value is -1.22. The molecule has 2 nitrogen and oxygen atoms in total. The van der Waals surface area contributed by atoms with E-state index in [4.69, 9.17) is 4.74 Å². The zero-order chi connectivity index (χ0) is 10.1. The van der Waals surface area contributed by atoms with E-state index in [1.807, 2.05) is 24.3 Å². The minimum atomic E-state index is 0.258. The second-order valence-electron chi connectivity index (χ2n) is 2.96. The Kier molecular flexibility index (Phi) is 2.33. The highest BCUT2D eigenvalue weighted by Crippen LogP contribution is 2.38. The normalized spacial score (nSPS) is 10.4. The molecule has 0 aliphatic heterocycles. The molecule has 0 amide bonds. The van der Waals surface area contributed by atoms with Gasteiger partial charge in [-0.2, -0.15) is 0 Å². The summed E-state index contributed by atoms with van der Waals surface area (Å²) in [6, 6.07) is 9.21. The third kappa shape index (κ3) is 1.34. The van der Waals surface area contributed by atoms with E-state index >= 15 is 0 Å². The monoisotopic (exact) mass is 252 g/mol. The Morgan fingerprint density at radius 1 is 1.21 bits per heavy atom. The van der Waals surface area contributed by atoms with Crippen LogP contribution in [0.25, 0.3) is 10.8 Å². The Morgan fingerprint density at radius 2 is 1.86 bits per heavy atom. The maximum absolute atomic E-state index is 9.69. The van der Waals surface area contributed by atoms with E-state index < -0.39 is 0 Å². The number of halogens is 1. The molecule has 0 saturated carbocycles. The van der Waals surface area contributed by atoms with Gasteiger partial charge in [0, 0.05) is 10.8 Å². The third-order valence-electron chi connectivity index (χ3n) is 2.13. The van der Waals surface area contributed by atoms with Crippen molar-refractivity contribution in [1.29, 1.82) is 0 Å². The lowest BCUT2D eigenvalue weighted by molar-refractivity contribution is 0.415. The topological polar surface area (TPSA) is 29.5 Å². The van der Waals surface area contributed by atoms with Gasteiger partial charge in [0.25, 0.3) is 0 Å². The molecule has 0 aliphatic rings. The third-order valence-corrected chi connectivity index (χ3v) is 2.72. The molecule has 2 rings (SSSR count). The van der Waals surface area contributed by atoms with Crippen molar-refractivity contribution >= 4 is 26.7 Å². The van der Waals surface area contributed by atoms with Gasteiger partial charge in [-0.3, -0.25) is 0 Å². The van der Waals surface area contributed by atoms with Gasteiger partial charge in [0.2, 0.25) is 0 Å². The number of hydrogen-bond donors (Lipinski definition) is 1. The van der Waals surface area contributed by atoms with Crippen LogP contribution < -0.4 is 4.74 Å². The maximum Gasteiger partial charge on any atom is 0.141 e. The van der Waals surface area contributed by atoms with Crippen LogP contribution in [0.5, 0.6) is 11.5 Å². The predicted octanol–water partition coefficient (Wildman–Crippen LogP) is 3.32. The number of phenolic OH excluding ortho intramolecular Hbond substituents is 1. The van der Waals surface area contributed by atoms with Gasteiger partial charge in [-0.25, -0.2) is 0 Å². The summed E-state index contributed by atoms with van der Waals surface area (Å²) in [5, 5.41) is 11.4. The van der Waals surface area contributed by atoms with Gasteiger partial charge >= 0.3 is 0 Å². The summed E-state index contributed by atoms with van der Waals surface area (Å²) in [5.41, 5.74) is 0. The van der Waals surface area contributed by atoms with Crippen molar-refractivity contribution in [2.75, 3.05) is 7.11 Å². The summed E-state index contributed by atoms with van der Waals surface area (Å²) in [4.78, 5) is 0. The molecule has 2 aromatic rings. The standard InChI is InChI=1S/C11H9BrO2/c1-14-11-8-5-3-2-4-7(8)10(13)6-9(11)12/h2-6,13H,1H3. The Balaban J connectivity index is 2.90. The van der Waals surface area contributed by atoms with E-state index in [1.165, 1.54) is 0 Å². The number of rotatable bonds is 1. The van der Waals surface area contributed by atoms with Crippen LogP contribution >= 0.6 is 15.9 Å². The average molecular weight is 253 g/mol. The Morgan fingerprint density at radius 3 is 2.50 bits per heavy atom. The van der Waals surface area contributed by atoms with Crippen molar-refractivity contribution in [1.82, 2.24) is 0 Å². The van der Waals surface area contributed by atoms with Crippen LogP contribution in [0.4, 0.5) is 0 Å². The van der Waals surface area contributed by atoms with Crippen molar-refractivity contribution in [3.05, 3.63) is 34.8 Å². The van der Waals surface area contributed by atoms with Crippen LogP contribution in [0, 0.1) is 0 Å². The zero-order valence-electron chi connectivity index (χ0n) is 7.62. The SMILES string of the molecule is COc1c(Br)cc(O)c2ccccc12. The fourth-order valence-corrected chi connectivity index (χ4v) is 2.10. The van der Waals surface area contributed by atoms with E-state index in [-0.39, 0.29) is 5.75 Å². The number of fused-ring (bicyclic) bond motifs is 1. The number of ether oxygens (including phenoxy) is 1. The molecule has 0 unspecified atom stereocenters. The first-order valence-corrected chi connectivity index (χ1v) is 4.97. The smallest absolute Gasteiger partial charge is 0.141 e. The molecule has 2 aromatic carbocycles. The van der Waals surface area contributed by atoms with Gasteiger partial charge in [0.1, 0.15) is 11.5 Å². The van der Waals surface area contributed by atoms with Crippen LogP contribution in [0.1, 0.15) is 0 Å². The fourth-order valence-electron chi connectivity index (χ4n) is 1.50. The Bertz CT molecular complexity index is 480. The molecular weight excluding hydrogens is 244 g/mol. The van der Waals surface area contributed by atoms with Crippen LogP contribution in [0.3, 0.4) is 0 Å². The average Bonchev–Trinajstić information content (AvgIpc) is 2.18. The first-order chi connectivity index (χ1) is 6.74. The largest absolute Gasteiger partial charge is 0.507 e. The van der Waals surface area contributed by atoms with E-state index in [1.54, 1.807) is 13.2 Å². The van der Waals surface area contributed by atoms with Gasteiger partial charge in [-0.05, 0) is 22.0 Å². The summed E-state index contributed by atoms with van der Waals surface area (Å²) in [5.74, 6) is 1.01. The lowest BCUT2D eigenvalue weighted by Gasteiger charge is -2.08. The Labute approximate surface area is 90.3 Å². The van der Waals surface area contributed by atoms with Crippen molar-refractivity contribution < 1.29 is 9.84 Å². The highest BCUT2D eigenvalue weighted by molar-refractivity contribution is 9.10. The molecule has 0 aliphatic carbocycles. The predicted molar refractivity (Wildman–Crippen MR) is 59.9 cm³/mol. The number of methoxy groups -OCH3 is 1. The first-order valence-electron chi connectivity index (χ1n) is 4.18. The minimum absolute atomic E-state index is 0.258.